The minimum Gasteiger partial charge on any atom is -0.397 e. The van der Waals surface area contributed by atoms with Gasteiger partial charge in [0.25, 0.3) is 0 Å². The number of carbonyl (C=O) groups excluding carboxylic acids is 1. The van der Waals surface area contributed by atoms with E-state index >= 15 is 0 Å². The second kappa shape index (κ2) is 5.56. The zero-order valence-electron chi connectivity index (χ0n) is 12.7. The molecule has 0 saturated carbocycles. The van der Waals surface area contributed by atoms with E-state index in [1.165, 1.54) is 5.56 Å². The second-order valence-corrected chi connectivity index (χ2v) is 6.10. The number of piperidine rings is 1. The number of amides is 1. The highest BCUT2D eigenvalue weighted by Gasteiger charge is 2.28. The van der Waals surface area contributed by atoms with Crippen LogP contribution >= 0.6 is 0 Å². The van der Waals surface area contributed by atoms with E-state index in [9.17, 15) is 4.79 Å². The molecule has 0 aliphatic carbocycles. The lowest BCUT2D eigenvalue weighted by Gasteiger charge is -2.38. The lowest BCUT2D eigenvalue weighted by atomic mass is 9.94. The minimum atomic E-state index is 0.0703. The van der Waals surface area contributed by atoms with Crippen LogP contribution in [0.3, 0.4) is 0 Å². The van der Waals surface area contributed by atoms with Crippen LogP contribution in [0.1, 0.15) is 25.3 Å². The van der Waals surface area contributed by atoms with Crippen molar-refractivity contribution in [2.75, 3.05) is 36.1 Å². The van der Waals surface area contributed by atoms with Gasteiger partial charge >= 0.3 is 0 Å². The number of hydrogen-bond acceptors (Lipinski definition) is 4. The number of nitrogens with two attached hydrogens (primary N) is 1. The first-order valence-electron chi connectivity index (χ1n) is 7.58. The predicted molar refractivity (Wildman–Crippen MR) is 84.6 cm³/mol. The Balaban J connectivity index is 1.87. The van der Waals surface area contributed by atoms with Crippen LogP contribution in [0.25, 0.3) is 0 Å². The molecule has 3 N–H and O–H groups in total. The van der Waals surface area contributed by atoms with E-state index in [0.29, 0.717) is 12.3 Å². The van der Waals surface area contributed by atoms with Crippen molar-refractivity contribution < 1.29 is 9.53 Å². The molecule has 1 aromatic carbocycles. The number of ether oxygens (including phenoxy) is 1. The first-order valence-corrected chi connectivity index (χ1v) is 7.58. The summed E-state index contributed by atoms with van der Waals surface area (Å²) >= 11 is 0. The van der Waals surface area contributed by atoms with Crippen LogP contribution in [-0.2, 0) is 16.0 Å². The molecule has 3 rings (SSSR count). The molecule has 1 amide bonds. The molecular formula is C16H23N3O2. The van der Waals surface area contributed by atoms with Gasteiger partial charge < -0.3 is 20.7 Å². The van der Waals surface area contributed by atoms with Crippen LogP contribution in [-0.4, -0.2) is 32.2 Å². The molecule has 0 spiro atoms. The van der Waals surface area contributed by atoms with Gasteiger partial charge in [0.05, 0.1) is 17.5 Å². The maximum atomic E-state index is 11.5. The summed E-state index contributed by atoms with van der Waals surface area (Å²) in [6.45, 7) is 4.10. The zero-order chi connectivity index (χ0) is 15.0. The quantitative estimate of drug-likeness (QED) is 0.817. The summed E-state index contributed by atoms with van der Waals surface area (Å²) in [7, 11) is 1.77. The van der Waals surface area contributed by atoms with Gasteiger partial charge in [-0.3, -0.25) is 4.79 Å². The molecule has 1 saturated heterocycles. The lowest BCUT2D eigenvalue weighted by Crippen LogP contribution is -2.44. The molecule has 1 aromatic rings. The number of benzene rings is 1. The Hall–Kier alpha value is -1.75. The van der Waals surface area contributed by atoms with Gasteiger partial charge in [-0.05, 0) is 36.5 Å². The monoisotopic (exact) mass is 289 g/mol. The highest BCUT2D eigenvalue weighted by atomic mass is 16.5. The van der Waals surface area contributed by atoms with Crippen molar-refractivity contribution in [3.05, 3.63) is 17.7 Å². The smallest absolute Gasteiger partial charge is 0.224 e. The molecule has 0 radical (unpaired) electrons. The van der Waals surface area contributed by atoms with E-state index in [4.69, 9.17) is 10.5 Å². The van der Waals surface area contributed by atoms with Crippen molar-refractivity contribution in [1.82, 2.24) is 0 Å². The first kappa shape index (κ1) is 14.2. The Morgan fingerprint density at radius 3 is 2.95 bits per heavy atom. The topological polar surface area (TPSA) is 67.6 Å². The summed E-state index contributed by atoms with van der Waals surface area (Å²) < 4.78 is 5.58. The van der Waals surface area contributed by atoms with Crippen molar-refractivity contribution in [3.63, 3.8) is 0 Å². The van der Waals surface area contributed by atoms with E-state index in [-0.39, 0.29) is 12.0 Å². The van der Waals surface area contributed by atoms with E-state index in [1.54, 1.807) is 7.11 Å². The van der Waals surface area contributed by atoms with E-state index in [1.807, 2.05) is 6.07 Å². The van der Waals surface area contributed by atoms with Gasteiger partial charge in [0.1, 0.15) is 0 Å². The number of rotatable bonds is 2. The summed E-state index contributed by atoms with van der Waals surface area (Å²) in [5.41, 5.74) is 10.0. The third-order valence-corrected chi connectivity index (χ3v) is 4.68. The van der Waals surface area contributed by atoms with Crippen LogP contribution in [0.5, 0.6) is 0 Å². The molecule has 2 atom stereocenters. The summed E-state index contributed by atoms with van der Waals surface area (Å²) in [4.78, 5) is 13.8. The molecule has 2 heterocycles. The van der Waals surface area contributed by atoms with Crippen molar-refractivity contribution >= 4 is 23.0 Å². The van der Waals surface area contributed by atoms with Crippen molar-refractivity contribution in [2.45, 2.75) is 32.3 Å². The van der Waals surface area contributed by atoms with Gasteiger partial charge in [0.15, 0.2) is 0 Å². The van der Waals surface area contributed by atoms with Gasteiger partial charge in [0, 0.05) is 32.3 Å². The Labute approximate surface area is 125 Å². The largest absolute Gasteiger partial charge is 0.397 e. The van der Waals surface area contributed by atoms with Gasteiger partial charge in [-0.1, -0.05) is 6.92 Å². The van der Waals surface area contributed by atoms with E-state index in [2.05, 4.69) is 23.2 Å². The van der Waals surface area contributed by atoms with Gasteiger partial charge in [0.2, 0.25) is 5.91 Å². The number of nitrogens with one attached hydrogen (secondary N) is 1. The molecule has 5 heteroatoms. The summed E-state index contributed by atoms with van der Waals surface area (Å²) in [5, 5.41) is 2.90. The fraction of sp³-hybridized carbons (Fsp3) is 0.562. The maximum Gasteiger partial charge on any atom is 0.224 e. The third kappa shape index (κ3) is 2.70. The first-order chi connectivity index (χ1) is 10.1. The van der Waals surface area contributed by atoms with Gasteiger partial charge in [-0.15, -0.1) is 0 Å². The van der Waals surface area contributed by atoms with Crippen molar-refractivity contribution in [3.8, 4) is 0 Å². The standard InChI is InChI=1S/C16H23N3O2/c1-10-5-6-19(9-15(10)21-2)14-7-11-3-4-16(20)18-13(11)8-12(14)17/h7-8,10,15H,3-6,9,17H2,1-2H3,(H,18,20). The average Bonchev–Trinajstić information content (AvgIpc) is 2.47. The van der Waals surface area contributed by atoms with Crippen LogP contribution in [0.4, 0.5) is 17.1 Å². The number of methoxy groups -OCH3 is 1. The fourth-order valence-electron chi connectivity index (χ4n) is 3.27. The zero-order valence-corrected chi connectivity index (χ0v) is 12.7. The van der Waals surface area contributed by atoms with Crippen LogP contribution in [0, 0.1) is 5.92 Å². The number of carbonyl (C=O) groups is 1. The number of nitrogen functional groups attached to an aromatic ring is 1. The third-order valence-electron chi connectivity index (χ3n) is 4.68. The number of fused-ring (bicyclic) bond motifs is 1. The summed E-state index contributed by atoms with van der Waals surface area (Å²) in [6.07, 6.45) is 2.68. The number of nitrogens with zero attached hydrogens (tertiary/aromatic N) is 1. The van der Waals surface area contributed by atoms with E-state index in [0.717, 1.165) is 43.0 Å². The Bertz CT molecular complexity index is 559. The Kier molecular flexibility index (Phi) is 3.76. The average molecular weight is 289 g/mol. The molecule has 2 aliphatic heterocycles. The summed E-state index contributed by atoms with van der Waals surface area (Å²) in [6, 6.07) is 4.02. The minimum absolute atomic E-state index is 0.0703. The molecule has 5 nitrogen and oxygen atoms in total. The molecule has 2 aliphatic rings. The second-order valence-electron chi connectivity index (χ2n) is 6.10. The molecule has 1 fully saturated rings. The lowest BCUT2D eigenvalue weighted by molar-refractivity contribution is -0.116. The Morgan fingerprint density at radius 1 is 1.38 bits per heavy atom. The number of hydrogen-bond donors (Lipinski definition) is 2. The molecule has 114 valence electrons. The normalized spacial score (nSPS) is 25.4. The highest BCUT2D eigenvalue weighted by Crippen LogP contribution is 2.35. The van der Waals surface area contributed by atoms with Crippen LogP contribution < -0.4 is 16.0 Å². The van der Waals surface area contributed by atoms with Gasteiger partial charge in [-0.2, -0.15) is 0 Å². The molecule has 0 bridgehead atoms. The van der Waals surface area contributed by atoms with Crippen LogP contribution in [0.2, 0.25) is 0 Å². The molecule has 2 unspecified atom stereocenters. The molecule has 0 aromatic heterocycles. The van der Waals surface area contributed by atoms with Crippen molar-refractivity contribution in [2.24, 2.45) is 5.92 Å². The van der Waals surface area contributed by atoms with Gasteiger partial charge in [-0.25, -0.2) is 0 Å². The Morgan fingerprint density at radius 2 is 2.19 bits per heavy atom. The molecule has 21 heavy (non-hydrogen) atoms. The summed E-state index contributed by atoms with van der Waals surface area (Å²) in [5.74, 6) is 0.644. The number of anilines is 3. The maximum absolute atomic E-state index is 11.5. The van der Waals surface area contributed by atoms with Crippen LogP contribution in [0.15, 0.2) is 12.1 Å². The highest BCUT2D eigenvalue weighted by molar-refractivity contribution is 5.95. The van der Waals surface area contributed by atoms with Crippen molar-refractivity contribution in [1.29, 1.82) is 0 Å². The SMILES string of the molecule is COC1CN(c2cc3c(cc2N)NC(=O)CC3)CCC1C. The predicted octanol–water partition coefficient (Wildman–Crippen LogP) is 2.01. The fourth-order valence-corrected chi connectivity index (χ4v) is 3.27. The number of aryl methyl sites for hydroxylation is 1. The van der Waals surface area contributed by atoms with E-state index < -0.39 is 0 Å². The molecular weight excluding hydrogens is 266 g/mol.